The number of benzene rings is 1. The lowest BCUT2D eigenvalue weighted by atomic mass is 10.1. The van der Waals surface area contributed by atoms with Gasteiger partial charge in [0.25, 0.3) is 5.69 Å². The number of ether oxygens (including phenoxy) is 1. The lowest BCUT2D eigenvalue weighted by molar-refractivity contribution is -0.385. The Labute approximate surface area is 101 Å². The highest BCUT2D eigenvalue weighted by Gasteiger charge is 2.18. The molecule has 0 aliphatic carbocycles. The second kappa shape index (κ2) is 5.58. The van der Waals surface area contributed by atoms with Crippen LogP contribution in [0.2, 0.25) is 0 Å². The van der Waals surface area contributed by atoms with Crippen molar-refractivity contribution < 1.29 is 24.4 Å². The standard InChI is InChI=1S/C11H9NO6/c1-18-8-4-7(6-13)9(2-3-11(14)15)10(5-8)12(16)17/h2-6H,1H3,(H,14,15)/b3-2+. The maximum Gasteiger partial charge on any atom is 0.328 e. The van der Waals surface area contributed by atoms with Gasteiger partial charge in [-0.15, -0.1) is 0 Å². The van der Waals surface area contributed by atoms with Crippen molar-refractivity contribution in [2.75, 3.05) is 7.11 Å². The van der Waals surface area contributed by atoms with E-state index in [1.165, 1.54) is 13.2 Å². The Morgan fingerprint density at radius 1 is 1.50 bits per heavy atom. The number of carbonyl (C=O) groups is 2. The summed E-state index contributed by atoms with van der Waals surface area (Å²) in [6.07, 6.45) is 2.13. The van der Waals surface area contributed by atoms with Gasteiger partial charge in [-0.2, -0.15) is 0 Å². The zero-order valence-electron chi connectivity index (χ0n) is 9.32. The van der Waals surface area contributed by atoms with Crippen LogP contribution in [0.25, 0.3) is 6.08 Å². The van der Waals surface area contributed by atoms with Gasteiger partial charge in [0.15, 0.2) is 6.29 Å². The Kier molecular flexibility index (Phi) is 4.14. The monoisotopic (exact) mass is 251 g/mol. The summed E-state index contributed by atoms with van der Waals surface area (Å²) in [5.74, 6) is -1.12. The topological polar surface area (TPSA) is 107 Å². The molecule has 7 heteroatoms. The molecular formula is C11H9NO6. The zero-order valence-corrected chi connectivity index (χ0v) is 9.32. The second-order valence-electron chi connectivity index (χ2n) is 3.20. The first kappa shape index (κ1) is 13.4. The van der Waals surface area contributed by atoms with Gasteiger partial charge in [0.2, 0.25) is 0 Å². The predicted molar refractivity (Wildman–Crippen MR) is 61.7 cm³/mol. The number of methoxy groups -OCH3 is 1. The fourth-order valence-corrected chi connectivity index (χ4v) is 1.34. The number of nitro groups is 1. The molecule has 0 saturated carbocycles. The molecule has 7 nitrogen and oxygen atoms in total. The Balaban J connectivity index is 3.48. The summed E-state index contributed by atoms with van der Waals surface area (Å²) in [4.78, 5) is 31.4. The summed E-state index contributed by atoms with van der Waals surface area (Å²) < 4.78 is 4.82. The normalized spacial score (nSPS) is 10.3. The van der Waals surface area contributed by atoms with Crippen molar-refractivity contribution in [2.24, 2.45) is 0 Å². The summed E-state index contributed by atoms with van der Waals surface area (Å²) >= 11 is 0. The van der Waals surface area contributed by atoms with Crippen molar-refractivity contribution in [3.63, 3.8) is 0 Å². The van der Waals surface area contributed by atoms with Gasteiger partial charge in [0.05, 0.1) is 23.7 Å². The van der Waals surface area contributed by atoms with E-state index in [-0.39, 0.29) is 16.9 Å². The van der Waals surface area contributed by atoms with Gasteiger partial charge in [0.1, 0.15) is 5.75 Å². The molecule has 0 aliphatic heterocycles. The fourth-order valence-electron chi connectivity index (χ4n) is 1.34. The first-order valence-corrected chi connectivity index (χ1v) is 4.72. The molecule has 1 N–H and O–H groups in total. The largest absolute Gasteiger partial charge is 0.496 e. The van der Waals surface area contributed by atoms with Gasteiger partial charge < -0.3 is 9.84 Å². The molecule has 0 amide bonds. The average Bonchev–Trinajstić information content (AvgIpc) is 2.34. The van der Waals surface area contributed by atoms with Crippen molar-refractivity contribution in [1.29, 1.82) is 0 Å². The molecule has 0 heterocycles. The molecule has 0 aliphatic rings. The maximum atomic E-state index is 10.9. The lowest BCUT2D eigenvalue weighted by Gasteiger charge is -2.05. The van der Waals surface area contributed by atoms with Crippen molar-refractivity contribution in [3.05, 3.63) is 39.4 Å². The molecule has 0 saturated heterocycles. The predicted octanol–water partition coefficient (Wildman–Crippen LogP) is 1.51. The molecule has 0 spiro atoms. The van der Waals surface area contributed by atoms with E-state index in [4.69, 9.17) is 9.84 Å². The summed E-state index contributed by atoms with van der Waals surface area (Å²) in [5.41, 5.74) is -0.481. The Morgan fingerprint density at radius 2 is 2.17 bits per heavy atom. The molecule has 1 aromatic carbocycles. The lowest BCUT2D eigenvalue weighted by Crippen LogP contribution is -1.98. The molecule has 0 bridgehead atoms. The highest BCUT2D eigenvalue weighted by Crippen LogP contribution is 2.28. The van der Waals surface area contributed by atoms with E-state index in [1.807, 2.05) is 0 Å². The van der Waals surface area contributed by atoms with Crippen LogP contribution >= 0.6 is 0 Å². The van der Waals surface area contributed by atoms with Crippen LogP contribution in [0, 0.1) is 10.1 Å². The Bertz CT molecular complexity index is 535. The van der Waals surface area contributed by atoms with Crippen LogP contribution in [0.5, 0.6) is 5.75 Å². The van der Waals surface area contributed by atoms with Gasteiger partial charge in [-0.25, -0.2) is 4.79 Å². The van der Waals surface area contributed by atoms with E-state index in [9.17, 15) is 19.7 Å². The van der Waals surface area contributed by atoms with Crippen LogP contribution in [-0.2, 0) is 4.79 Å². The average molecular weight is 251 g/mol. The first-order valence-electron chi connectivity index (χ1n) is 4.72. The van der Waals surface area contributed by atoms with Crippen molar-refractivity contribution >= 4 is 24.0 Å². The Hall–Kier alpha value is -2.70. The zero-order chi connectivity index (χ0) is 13.7. The maximum absolute atomic E-state index is 10.9. The number of aliphatic carboxylic acids is 1. The molecular weight excluding hydrogens is 242 g/mol. The smallest absolute Gasteiger partial charge is 0.328 e. The number of hydrogen-bond donors (Lipinski definition) is 1. The molecule has 0 atom stereocenters. The molecule has 0 radical (unpaired) electrons. The molecule has 0 unspecified atom stereocenters. The third kappa shape index (κ3) is 2.91. The number of rotatable bonds is 5. The Morgan fingerprint density at radius 3 is 2.61 bits per heavy atom. The number of carbonyl (C=O) groups excluding carboxylic acids is 1. The summed E-state index contributed by atoms with van der Waals surface area (Å²) in [6, 6.07) is 2.41. The van der Waals surface area contributed by atoms with Gasteiger partial charge in [0, 0.05) is 11.6 Å². The number of nitrogens with zero attached hydrogens (tertiary/aromatic N) is 1. The quantitative estimate of drug-likeness (QED) is 0.368. The molecule has 1 aromatic rings. The second-order valence-corrected chi connectivity index (χ2v) is 3.20. The van der Waals surface area contributed by atoms with Crippen LogP contribution < -0.4 is 4.74 Å². The van der Waals surface area contributed by atoms with Crippen LogP contribution in [0.15, 0.2) is 18.2 Å². The van der Waals surface area contributed by atoms with Crippen molar-refractivity contribution in [1.82, 2.24) is 0 Å². The molecule has 18 heavy (non-hydrogen) atoms. The molecule has 0 aromatic heterocycles. The van der Waals surface area contributed by atoms with Gasteiger partial charge in [-0.1, -0.05) is 0 Å². The minimum Gasteiger partial charge on any atom is -0.496 e. The fraction of sp³-hybridized carbons (Fsp3) is 0.0909. The SMILES string of the molecule is COc1cc(C=O)c(/C=C/C(=O)O)c([N+](=O)[O-])c1. The van der Waals surface area contributed by atoms with Gasteiger partial charge >= 0.3 is 5.97 Å². The molecule has 1 rings (SSSR count). The molecule has 0 fully saturated rings. The third-order valence-electron chi connectivity index (χ3n) is 2.12. The number of carboxylic acid groups (broad SMARTS) is 1. The van der Waals surface area contributed by atoms with E-state index in [0.29, 0.717) is 6.29 Å². The minimum atomic E-state index is -1.27. The van der Waals surface area contributed by atoms with Crippen LogP contribution in [0.1, 0.15) is 15.9 Å². The number of aldehydes is 1. The van der Waals surface area contributed by atoms with Gasteiger partial charge in [-0.05, 0) is 12.1 Å². The van der Waals surface area contributed by atoms with E-state index >= 15 is 0 Å². The van der Waals surface area contributed by atoms with Crippen LogP contribution in [0.4, 0.5) is 5.69 Å². The van der Waals surface area contributed by atoms with Gasteiger partial charge in [-0.3, -0.25) is 14.9 Å². The summed E-state index contributed by atoms with van der Waals surface area (Å²) in [7, 11) is 1.31. The first-order chi connectivity index (χ1) is 8.49. The van der Waals surface area contributed by atoms with Crippen molar-refractivity contribution in [2.45, 2.75) is 0 Å². The third-order valence-corrected chi connectivity index (χ3v) is 2.12. The highest BCUT2D eigenvalue weighted by atomic mass is 16.6. The summed E-state index contributed by atoms with van der Waals surface area (Å²) in [6.45, 7) is 0. The number of hydrogen-bond acceptors (Lipinski definition) is 5. The minimum absolute atomic E-state index is 0.0152. The van der Waals surface area contributed by atoms with E-state index in [2.05, 4.69) is 0 Å². The molecule has 94 valence electrons. The summed E-state index contributed by atoms with van der Waals surface area (Å²) in [5, 5.41) is 19.4. The van der Waals surface area contributed by atoms with E-state index < -0.39 is 16.6 Å². The highest BCUT2D eigenvalue weighted by molar-refractivity contribution is 5.91. The van der Waals surface area contributed by atoms with E-state index in [0.717, 1.165) is 18.2 Å². The number of carboxylic acids is 1. The van der Waals surface area contributed by atoms with Crippen LogP contribution in [-0.4, -0.2) is 29.4 Å². The van der Waals surface area contributed by atoms with Crippen molar-refractivity contribution in [3.8, 4) is 5.75 Å². The van der Waals surface area contributed by atoms with Crippen LogP contribution in [0.3, 0.4) is 0 Å². The van der Waals surface area contributed by atoms with E-state index in [1.54, 1.807) is 0 Å². The number of nitro benzene ring substituents is 1.